The second kappa shape index (κ2) is 8.42. The van der Waals surface area contributed by atoms with Crippen molar-refractivity contribution < 1.29 is 4.42 Å². The van der Waals surface area contributed by atoms with E-state index in [1.54, 1.807) is 6.26 Å². The topological polar surface area (TPSA) is 25.2 Å². The summed E-state index contributed by atoms with van der Waals surface area (Å²) >= 11 is 0. The minimum atomic E-state index is 0.625. The summed E-state index contributed by atoms with van der Waals surface area (Å²) in [6.07, 6.45) is 16.0. The molecule has 0 amide bonds. The largest absolute Gasteiger partial charge is 0.472 e. The average Bonchev–Trinajstić information content (AvgIpc) is 2.96. The Labute approximate surface area is 118 Å². The molecule has 0 saturated heterocycles. The molecule has 0 radical (unpaired) electrons. The zero-order chi connectivity index (χ0) is 13.3. The molecule has 1 aromatic rings. The van der Waals surface area contributed by atoms with Crippen molar-refractivity contribution in [3.63, 3.8) is 0 Å². The van der Waals surface area contributed by atoms with Crippen LogP contribution in [0.1, 0.15) is 63.9 Å². The molecule has 1 fully saturated rings. The van der Waals surface area contributed by atoms with Crippen molar-refractivity contribution in [1.82, 2.24) is 5.32 Å². The van der Waals surface area contributed by atoms with Crippen LogP contribution in [-0.4, -0.2) is 12.6 Å². The van der Waals surface area contributed by atoms with Gasteiger partial charge in [-0.2, -0.15) is 0 Å². The summed E-state index contributed by atoms with van der Waals surface area (Å²) in [5, 5.41) is 3.71. The third-order valence-corrected chi connectivity index (χ3v) is 4.39. The van der Waals surface area contributed by atoms with Crippen molar-refractivity contribution in [1.29, 1.82) is 0 Å². The standard InChI is InChI=1S/C17H29NO/c1-2-11-18-17(13-16-10-12-19-14-16)9-8-15-6-4-3-5-7-15/h10,12,14-15,17-18H,2-9,11,13H2,1H3. The molecular formula is C17H29NO. The summed E-state index contributed by atoms with van der Waals surface area (Å²) in [5.41, 5.74) is 1.33. The highest BCUT2D eigenvalue weighted by Gasteiger charge is 2.16. The van der Waals surface area contributed by atoms with Gasteiger partial charge < -0.3 is 9.73 Å². The number of hydrogen-bond donors (Lipinski definition) is 1. The first-order valence-electron chi connectivity index (χ1n) is 8.13. The fourth-order valence-electron chi connectivity index (χ4n) is 3.23. The molecule has 0 aliphatic heterocycles. The van der Waals surface area contributed by atoms with Crippen molar-refractivity contribution in [3.8, 4) is 0 Å². The number of furan rings is 1. The molecule has 19 heavy (non-hydrogen) atoms. The van der Waals surface area contributed by atoms with Crippen molar-refractivity contribution in [2.45, 2.75) is 70.8 Å². The Balaban J connectivity index is 1.75. The van der Waals surface area contributed by atoms with Crippen molar-refractivity contribution in [3.05, 3.63) is 24.2 Å². The van der Waals surface area contributed by atoms with E-state index < -0.39 is 0 Å². The molecule has 1 aliphatic rings. The molecule has 1 saturated carbocycles. The van der Waals surface area contributed by atoms with Crippen LogP contribution in [0.15, 0.2) is 23.0 Å². The smallest absolute Gasteiger partial charge is 0.0935 e. The predicted molar refractivity (Wildman–Crippen MR) is 80.3 cm³/mol. The van der Waals surface area contributed by atoms with Gasteiger partial charge in [-0.05, 0) is 49.8 Å². The van der Waals surface area contributed by atoms with Crippen LogP contribution in [-0.2, 0) is 6.42 Å². The number of hydrogen-bond acceptors (Lipinski definition) is 2. The fourth-order valence-corrected chi connectivity index (χ4v) is 3.23. The summed E-state index contributed by atoms with van der Waals surface area (Å²) in [7, 11) is 0. The van der Waals surface area contributed by atoms with Crippen LogP contribution in [0.5, 0.6) is 0 Å². The Hall–Kier alpha value is -0.760. The van der Waals surface area contributed by atoms with Crippen LogP contribution in [0, 0.1) is 5.92 Å². The molecule has 1 aliphatic carbocycles. The second-order valence-electron chi connectivity index (χ2n) is 6.07. The Morgan fingerprint density at radius 3 is 2.84 bits per heavy atom. The summed E-state index contributed by atoms with van der Waals surface area (Å²) in [4.78, 5) is 0. The summed E-state index contributed by atoms with van der Waals surface area (Å²) in [6, 6.07) is 2.72. The molecule has 1 N–H and O–H groups in total. The van der Waals surface area contributed by atoms with E-state index in [0.717, 1.165) is 18.9 Å². The lowest BCUT2D eigenvalue weighted by atomic mass is 9.84. The molecule has 2 rings (SSSR count). The number of rotatable bonds is 8. The summed E-state index contributed by atoms with van der Waals surface area (Å²) in [5.74, 6) is 0.990. The lowest BCUT2D eigenvalue weighted by molar-refractivity contribution is 0.312. The van der Waals surface area contributed by atoms with Gasteiger partial charge in [0.1, 0.15) is 0 Å². The van der Waals surface area contributed by atoms with Crippen LogP contribution in [0.4, 0.5) is 0 Å². The van der Waals surface area contributed by atoms with Gasteiger partial charge in [-0.1, -0.05) is 39.0 Å². The van der Waals surface area contributed by atoms with E-state index in [-0.39, 0.29) is 0 Å². The van der Waals surface area contributed by atoms with E-state index in [4.69, 9.17) is 4.42 Å². The van der Waals surface area contributed by atoms with E-state index >= 15 is 0 Å². The van der Waals surface area contributed by atoms with Gasteiger partial charge in [0.05, 0.1) is 12.5 Å². The van der Waals surface area contributed by atoms with Crippen molar-refractivity contribution in [2.75, 3.05) is 6.54 Å². The van der Waals surface area contributed by atoms with Gasteiger partial charge in [0.15, 0.2) is 0 Å². The van der Waals surface area contributed by atoms with Gasteiger partial charge in [0, 0.05) is 6.04 Å². The van der Waals surface area contributed by atoms with Gasteiger partial charge in [-0.15, -0.1) is 0 Å². The zero-order valence-electron chi connectivity index (χ0n) is 12.4. The monoisotopic (exact) mass is 263 g/mol. The fraction of sp³-hybridized carbons (Fsp3) is 0.765. The highest BCUT2D eigenvalue weighted by molar-refractivity contribution is 5.07. The summed E-state index contributed by atoms with van der Waals surface area (Å²) < 4.78 is 5.19. The van der Waals surface area contributed by atoms with E-state index in [0.29, 0.717) is 6.04 Å². The second-order valence-corrected chi connectivity index (χ2v) is 6.07. The molecule has 1 aromatic heterocycles. The van der Waals surface area contributed by atoms with E-state index in [1.165, 1.54) is 56.9 Å². The minimum absolute atomic E-state index is 0.625. The normalized spacial score (nSPS) is 18.6. The minimum Gasteiger partial charge on any atom is -0.472 e. The van der Waals surface area contributed by atoms with Gasteiger partial charge in [-0.3, -0.25) is 0 Å². The van der Waals surface area contributed by atoms with Crippen LogP contribution >= 0.6 is 0 Å². The Bertz CT molecular complexity index is 314. The molecule has 2 nitrogen and oxygen atoms in total. The van der Waals surface area contributed by atoms with Crippen LogP contribution in [0.2, 0.25) is 0 Å². The molecular weight excluding hydrogens is 234 g/mol. The maximum Gasteiger partial charge on any atom is 0.0935 e. The summed E-state index contributed by atoms with van der Waals surface area (Å²) in [6.45, 7) is 3.37. The van der Waals surface area contributed by atoms with Crippen molar-refractivity contribution >= 4 is 0 Å². The van der Waals surface area contributed by atoms with E-state index in [9.17, 15) is 0 Å². The van der Waals surface area contributed by atoms with Crippen LogP contribution in [0.3, 0.4) is 0 Å². The third kappa shape index (κ3) is 5.40. The Kier molecular flexibility index (Phi) is 6.49. The SMILES string of the molecule is CCCNC(CCC1CCCCC1)Cc1ccoc1. The van der Waals surface area contributed by atoms with E-state index in [1.807, 2.05) is 6.26 Å². The third-order valence-electron chi connectivity index (χ3n) is 4.39. The van der Waals surface area contributed by atoms with E-state index in [2.05, 4.69) is 18.3 Å². The quantitative estimate of drug-likeness (QED) is 0.744. The zero-order valence-corrected chi connectivity index (χ0v) is 12.4. The van der Waals surface area contributed by atoms with Crippen LogP contribution < -0.4 is 5.32 Å². The van der Waals surface area contributed by atoms with Crippen LogP contribution in [0.25, 0.3) is 0 Å². The first kappa shape index (κ1) is 14.6. The lowest BCUT2D eigenvalue weighted by Crippen LogP contribution is -2.32. The molecule has 1 unspecified atom stereocenters. The molecule has 0 aromatic carbocycles. The average molecular weight is 263 g/mol. The van der Waals surface area contributed by atoms with Gasteiger partial charge in [0.2, 0.25) is 0 Å². The van der Waals surface area contributed by atoms with Gasteiger partial charge in [-0.25, -0.2) is 0 Å². The highest BCUT2D eigenvalue weighted by atomic mass is 16.3. The maximum absolute atomic E-state index is 5.19. The maximum atomic E-state index is 5.19. The van der Waals surface area contributed by atoms with Gasteiger partial charge >= 0.3 is 0 Å². The molecule has 0 spiro atoms. The lowest BCUT2D eigenvalue weighted by Gasteiger charge is -2.24. The first-order valence-corrected chi connectivity index (χ1v) is 8.13. The molecule has 108 valence electrons. The molecule has 1 heterocycles. The van der Waals surface area contributed by atoms with Gasteiger partial charge in [0.25, 0.3) is 0 Å². The highest BCUT2D eigenvalue weighted by Crippen LogP contribution is 2.28. The Morgan fingerprint density at radius 2 is 2.16 bits per heavy atom. The Morgan fingerprint density at radius 1 is 1.32 bits per heavy atom. The molecule has 1 atom stereocenters. The number of nitrogens with one attached hydrogen (secondary N) is 1. The van der Waals surface area contributed by atoms with Crippen molar-refractivity contribution in [2.24, 2.45) is 5.92 Å². The first-order chi connectivity index (χ1) is 9.38. The molecule has 2 heteroatoms. The predicted octanol–water partition coefficient (Wildman–Crippen LogP) is 4.55. The molecule has 0 bridgehead atoms.